The monoisotopic (exact) mass is 329 g/mol. The highest BCUT2D eigenvalue weighted by atomic mass is 16.1. The van der Waals surface area contributed by atoms with Crippen molar-refractivity contribution in [2.24, 2.45) is 13.0 Å². The van der Waals surface area contributed by atoms with E-state index in [1.54, 1.807) is 6.20 Å². The van der Waals surface area contributed by atoms with Crippen molar-refractivity contribution >= 4 is 5.91 Å². The van der Waals surface area contributed by atoms with E-state index in [4.69, 9.17) is 0 Å². The summed E-state index contributed by atoms with van der Waals surface area (Å²) >= 11 is 0. The summed E-state index contributed by atoms with van der Waals surface area (Å²) < 4.78 is 4.05. The highest BCUT2D eigenvalue weighted by Crippen LogP contribution is 2.22. The molecule has 0 spiro atoms. The number of hydrogen-bond acceptors (Lipinski definition) is 3. The molecule has 0 bridgehead atoms. The Morgan fingerprint density at radius 3 is 3.00 bits per heavy atom. The molecule has 0 saturated heterocycles. The molecule has 0 aromatic carbocycles. The molecule has 2 N–H and O–H groups in total. The van der Waals surface area contributed by atoms with Crippen LogP contribution in [-0.4, -0.2) is 32.8 Å². The lowest BCUT2D eigenvalue weighted by Gasteiger charge is -2.24. The van der Waals surface area contributed by atoms with E-state index in [2.05, 4.69) is 38.8 Å². The van der Waals surface area contributed by atoms with Gasteiger partial charge in [-0.2, -0.15) is 5.10 Å². The van der Waals surface area contributed by atoms with Crippen LogP contribution in [0.4, 0.5) is 0 Å². The Hall–Kier alpha value is -2.08. The molecule has 130 valence electrons. The standard InChI is InChI=1S/C18H27N5O/c1-13(2)21-18(24)16-11-20-23-7-5-14(8-17(16)23)9-19-10-15-4-6-22(3)12-15/h4,6,11-14,19H,5,7-10H2,1-3H3,(H,21,24)/t14-/m0/s1. The molecule has 3 rings (SSSR count). The van der Waals surface area contributed by atoms with Crippen molar-refractivity contribution in [3.63, 3.8) is 0 Å². The zero-order valence-electron chi connectivity index (χ0n) is 14.7. The summed E-state index contributed by atoms with van der Waals surface area (Å²) in [5.41, 5.74) is 3.11. The Kier molecular flexibility index (Phi) is 5.04. The van der Waals surface area contributed by atoms with Gasteiger partial charge in [-0.1, -0.05) is 0 Å². The summed E-state index contributed by atoms with van der Waals surface area (Å²) in [7, 11) is 2.04. The first-order valence-electron chi connectivity index (χ1n) is 8.70. The molecule has 1 aliphatic rings. The van der Waals surface area contributed by atoms with Crippen LogP contribution in [0.25, 0.3) is 0 Å². The van der Waals surface area contributed by atoms with Gasteiger partial charge in [-0.15, -0.1) is 0 Å². The van der Waals surface area contributed by atoms with Gasteiger partial charge in [-0.25, -0.2) is 0 Å². The van der Waals surface area contributed by atoms with Gasteiger partial charge in [0.15, 0.2) is 0 Å². The fourth-order valence-electron chi connectivity index (χ4n) is 3.29. The quantitative estimate of drug-likeness (QED) is 0.848. The summed E-state index contributed by atoms with van der Waals surface area (Å²) in [6.07, 6.45) is 7.92. The lowest BCUT2D eigenvalue weighted by molar-refractivity contribution is 0.0941. The molecule has 0 saturated carbocycles. The Balaban J connectivity index is 1.57. The predicted octanol–water partition coefficient (Wildman–Crippen LogP) is 1.71. The number of carbonyl (C=O) groups is 1. The van der Waals surface area contributed by atoms with Crippen molar-refractivity contribution in [1.29, 1.82) is 0 Å². The minimum atomic E-state index is -0.0101. The molecule has 1 aliphatic heterocycles. The Labute approximate surface area is 143 Å². The second-order valence-corrected chi connectivity index (χ2v) is 7.03. The molecule has 2 aromatic rings. The molecule has 0 aliphatic carbocycles. The molecule has 1 amide bonds. The van der Waals surface area contributed by atoms with E-state index in [1.165, 1.54) is 5.56 Å². The maximum absolute atomic E-state index is 12.3. The largest absolute Gasteiger partial charge is 0.357 e. The van der Waals surface area contributed by atoms with E-state index in [9.17, 15) is 4.79 Å². The lowest BCUT2D eigenvalue weighted by Crippen LogP contribution is -2.33. The van der Waals surface area contributed by atoms with Crippen LogP contribution < -0.4 is 10.6 Å². The second kappa shape index (κ2) is 7.21. The van der Waals surface area contributed by atoms with Crippen molar-refractivity contribution in [2.75, 3.05) is 6.54 Å². The van der Waals surface area contributed by atoms with Crippen molar-refractivity contribution in [2.45, 2.75) is 45.8 Å². The van der Waals surface area contributed by atoms with Gasteiger partial charge in [0.1, 0.15) is 0 Å². The smallest absolute Gasteiger partial charge is 0.254 e. The van der Waals surface area contributed by atoms with E-state index >= 15 is 0 Å². The van der Waals surface area contributed by atoms with E-state index in [0.717, 1.165) is 43.7 Å². The molecule has 24 heavy (non-hydrogen) atoms. The van der Waals surface area contributed by atoms with Crippen molar-refractivity contribution < 1.29 is 4.79 Å². The SMILES string of the molecule is CC(C)NC(=O)c1cnn2c1C[C@@H](CNCc1ccn(C)c1)CC2. The van der Waals surface area contributed by atoms with Crippen LogP contribution in [-0.2, 0) is 26.6 Å². The van der Waals surface area contributed by atoms with Crippen LogP contribution in [0.1, 0.15) is 41.9 Å². The second-order valence-electron chi connectivity index (χ2n) is 7.03. The van der Waals surface area contributed by atoms with Crippen LogP contribution in [0.2, 0.25) is 0 Å². The third kappa shape index (κ3) is 3.87. The Morgan fingerprint density at radius 1 is 1.46 bits per heavy atom. The summed E-state index contributed by atoms with van der Waals surface area (Å²) in [5.74, 6) is 0.535. The average Bonchev–Trinajstić information content (AvgIpc) is 3.12. The summed E-state index contributed by atoms with van der Waals surface area (Å²) in [5, 5.41) is 10.9. The fourth-order valence-corrected chi connectivity index (χ4v) is 3.29. The number of rotatable bonds is 6. The number of fused-ring (bicyclic) bond motifs is 1. The Morgan fingerprint density at radius 2 is 2.29 bits per heavy atom. The van der Waals surface area contributed by atoms with Gasteiger partial charge in [-0.05, 0) is 50.8 Å². The first kappa shape index (κ1) is 16.8. The summed E-state index contributed by atoms with van der Waals surface area (Å²) in [4.78, 5) is 12.3. The average molecular weight is 329 g/mol. The predicted molar refractivity (Wildman–Crippen MR) is 93.8 cm³/mol. The number of amides is 1. The van der Waals surface area contributed by atoms with E-state index in [-0.39, 0.29) is 11.9 Å². The molecule has 0 radical (unpaired) electrons. The lowest BCUT2D eigenvalue weighted by atomic mass is 9.94. The van der Waals surface area contributed by atoms with Crippen LogP contribution in [0.3, 0.4) is 0 Å². The topological polar surface area (TPSA) is 63.9 Å². The number of hydrogen-bond donors (Lipinski definition) is 2. The zero-order valence-corrected chi connectivity index (χ0v) is 14.7. The number of aryl methyl sites for hydroxylation is 2. The maximum atomic E-state index is 12.3. The van der Waals surface area contributed by atoms with E-state index < -0.39 is 0 Å². The maximum Gasteiger partial charge on any atom is 0.254 e. The van der Waals surface area contributed by atoms with Gasteiger partial charge >= 0.3 is 0 Å². The first-order valence-corrected chi connectivity index (χ1v) is 8.70. The normalized spacial score (nSPS) is 17.1. The van der Waals surface area contributed by atoms with Gasteiger partial charge in [-0.3, -0.25) is 9.48 Å². The first-order chi connectivity index (χ1) is 11.5. The molecule has 3 heterocycles. The Bertz CT molecular complexity index is 700. The number of aromatic nitrogens is 3. The molecular formula is C18H27N5O. The van der Waals surface area contributed by atoms with E-state index in [0.29, 0.717) is 5.92 Å². The number of carbonyl (C=O) groups excluding carboxylic acids is 1. The minimum absolute atomic E-state index is 0.0101. The van der Waals surface area contributed by atoms with Crippen LogP contribution in [0, 0.1) is 5.92 Å². The summed E-state index contributed by atoms with van der Waals surface area (Å²) in [6, 6.07) is 2.28. The van der Waals surface area contributed by atoms with Gasteiger partial charge in [0.05, 0.1) is 17.5 Å². The molecule has 0 unspecified atom stereocenters. The molecule has 2 aromatic heterocycles. The highest BCUT2D eigenvalue weighted by Gasteiger charge is 2.25. The van der Waals surface area contributed by atoms with Gasteiger partial charge in [0.2, 0.25) is 0 Å². The van der Waals surface area contributed by atoms with Crippen LogP contribution in [0.15, 0.2) is 24.7 Å². The van der Waals surface area contributed by atoms with Crippen LogP contribution in [0.5, 0.6) is 0 Å². The highest BCUT2D eigenvalue weighted by molar-refractivity contribution is 5.95. The third-order valence-electron chi connectivity index (χ3n) is 4.50. The van der Waals surface area contributed by atoms with Crippen molar-refractivity contribution in [3.8, 4) is 0 Å². The van der Waals surface area contributed by atoms with Crippen molar-refractivity contribution in [1.82, 2.24) is 25.0 Å². The number of nitrogens with zero attached hydrogens (tertiary/aromatic N) is 3. The molecule has 0 fully saturated rings. The minimum Gasteiger partial charge on any atom is -0.357 e. The van der Waals surface area contributed by atoms with E-state index in [1.807, 2.05) is 25.6 Å². The van der Waals surface area contributed by atoms with Gasteiger partial charge in [0.25, 0.3) is 5.91 Å². The molecule has 1 atom stereocenters. The molecular weight excluding hydrogens is 302 g/mol. The van der Waals surface area contributed by atoms with Gasteiger partial charge < -0.3 is 15.2 Å². The zero-order chi connectivity index (χ0) is 17.1. The molecule has 6 nitrogen and oxygen atoms in total. The van der Waals surface area contributed by atoms with Crippen molar-refractivity contribution in [3.05, 3.63) is 41.5 Å². The summed E-state index contributed by atoms with van der Waals surface area (Å²) in [6.45, 7) is 6.69. The van der Waals surface area contributed by atoms with Gasteiger partial charge in [0, 0.05) is 38.6 Å². The molecule has 6 heteroatoms. The fraction of sp³-hybridized carbons (Fsp3) is 0.556. The number of nitrogens with one attached hydrogen (secondary N) is 2. The van der Waals surface area contributed by atoms with Crippen LogP contribution >= 0.6 is 0 Å². The third-order valence-corrected chi connectivity index (χ3v) is 4.50.